The number of ether oxygens (including phenoxy) is 1. The molecule has 0 aliphatic rings. The van der Waals surface area contributed by atoms with Gasteiger partial charge in [0.2, 0.25) is 0 Å². The second-order valence-electron chi connectivity index (χ2n) is 3.27. The van der Waals surface area contributed by atoms with Gasteiger partial charge in [-0.25, -0.2) is 4.39 Å². The highest BCUT2D eigenvalue weighted by Gasteiger charge is 2.03. The molecule has 88 valence electrons. The largest absolute Gasteiger partial charge is 0.497 e. The third-order valence-electron chi connectivity index (χ3n) is 2.06. The number of carbonyl (C=O) groups is 1. The highest BCUT2D eigenvalue weighted by Crippen LogP contribution is 2.20. The van der Waals surface area contributed by atoms with Crippen molar-refractivity contribution in [2.75, 3.05) is 19.0 Å². The van der Waals surface area contributed by atoms with Crippen LogP contribution in [0.3, 0.4) is 0 Å². The van der Waals surface area contributed by atoms with E-state index >= 15 is 0 Å². The molecule has 0 amide bonds. The molecule has 1 aromatic carbocycles. The van der Waals surface area contributed by atoms with E-state index in [0.29, 0.717) is 24.4 Å². The third-order valence-corrected chi connectivity index (χ3v) is 2.06. The van der Waals surface area contributed by atoms with Crippen LogP contribution in [0.2, 0.25) is 0 Å². The Morgan fingerprint density at radius 2 is 2.31 bits per heavy atom. The number of carboxylic acids is 1. The van der Waals surface area contributed by atoms with Crippen LogP contribution in [0.15, 0.2) is 18.2 Å². The van der Waals surface area contributed by atoms with Gasteiger partial charge in [-0.2, -0.15) is 0 Å². The van der Waals surface area contributed by atoms with Crippen molar-refractivity contribution >= 4 is 11.7 Å². The normalized spacial score (nSPS) is 9.88. The Hall–Kier alpha value is -1.78. The summed E-state index contributed by atoms with van der Waals surface area (Å²) in [7, 11) is 1.47. The summed E-state index contributed by atoms with van der Waals surface area (Å²) < 4.78 is 18.2. The van der Waals surface area contributed by atoms with Crippen molar-refractivity contribution in [3.8, 4) is 5.75 Å². The Morgan fingerprint density at radius 1 is 1.56 bits per heavy atom. The standard InChI is InChI=1S/C11H14FNO3/c1-16-8-4-5-10(9(12)7-8)13-6-2-3-11(14)15/h4-5,7,13H,2-3,6H2,1H3,(H,14,15). The van der Waals surface area contributed by atoms with E-state index in [1.807, 2.05) is 0 Å². The van der Waals surface area contributed by atoms with E-state index in [0.717, 1.165) is 0 Å². The topological polar surface area (TPSA) is 58.6 Å². The molecule has 0 aromatic heterocycles. The third kappa shape index (κ3) is 3.76. The van der Waals surface area contributed by atoms with Gasteiger partial charge < -0.3 is 15.2 Å². The van der Waals surface area contributed by atoms with Gasteiger partial charge in [-0.1, -0.05) is 0 Å². The molecule has 1 aromatic rings. The van der Waals surface area contributed by atoms with Crippen LogP contribution in [0.5, 0.6) is 5.75 Å². The highest BCUT2D eigenvalue weighted by molar-refractivity contribution is 5.66. The summed E-state index contributed by atoms with van der Waals surface area (Å²) >= 11 is 0. The molecule has 1 rings (SSSR count). The SMILES string of the molecule is COc1ccc(NCCCC(=O)O)c(F)c1. The van der Waals surface area contributed by atoms with Crippen molar-refractivity contribution in [3.05, 3.63) is 24.0 Å². The smallest absolute Gasteiger partial charge is 0.303 e. The van der Waals surface area contributed by atoms with Gasteiger partial charge in [-0.15, -0.1) is 0 Å². The van der Waals surface area contributed by atoms with E-state index in [1.165, 1.54) is 13.2 Å². The number of hydrogen-bond donors (Lipinski definition) is 2. The van der Waals surface area contributed by atoms with Crippen LogP contribution < -0.4 is 10.1 Å². The number of halogens is 1. The summed E-state index contributed by atoms with van der Waals surface area (Å²) in [5.74, 6) is -0.805. The lowest BCUT2D eigenvalue weighted by molar-refractivity contribution is -0.137. The van der Waals surface area contributed by atoms with Crippen LogP contribution in [-0.2, 0) is 4.79 Å². The van der Waals surface area contributed by atoms with Crippen LogP contribution >= 0.6 is 0 Å². The van der Waals surface area contributed by atoms with Crippen LogP contribution in [0, 0.1) is 5.82 Å². The fourth-order valence-electron chi connectivity index (χ4n) is 1.23. The molecule has 0 heterocycles. The zero-order valence-electron chi connectivity index (χ0n) is 9.00. The monoisotopic (exact) mass is 227 g/mol. The van der Waals surface area contributed by atoms with E-state index < -0.39 is 11.8 Å². The molecular weight excluding hydrogens is 213 g/mol. The molecule has 0 aliphatic carbocycles. The molecule has 0 saturated carbocycles. The van der Waals surface area contributed by atoms with Crippen molar-refractivity contribution in [2.45, 2.75) is 12.8 Å². The Labute approximate surface area is 93.0 Å². The number of anilines is 1. The lowest BCUT2D eigenvalue weighted by Crippen LogP contribution is -2.06. The van der Waals surface area contributed by atoms with E-state index in [1.54, 1.807) is 12.1 Å². The van der Waals surface area contributed by atoms with Crippen molar-refractivity contribution in [3.63, 3.8) is 0 Å². The van der Waals surface area contributed by atoms with Gasteiger partial charge in [0, 0.05) is 19.0 Å². The van der Waals surface area contributed by atoms with Gasteiger partial charge in [0.05, 0.1) is 12.8 Å². The Bertz CT molecular complexity index is 368. The summed E-state index contributed by atoms with van der Waals surface area (Å²) in [5, 5.41) is 11.2. The van der Waals surface area contributed by atoms with Gasteiger partial charge in [0.1, 0.15) is 11.6 Å². The summed E-state index contributed by atoms with van der Waals surface area (Å²) in [4.78, 5) is 10.2. The Balaban J connectivity index is 2.45. The molecule has 0 aliphatic heterocycles. The van der Waals surface area contributed by atoms with Crippen molar-refractivity contribution in [2.24, 2.45) is 0 Å². The minimum Gasteiger partial charge on any atom is -0.497 e. The lowest BCUT2D eigenvalue weighted by Gasteiger charge is -2.07. The number of hydrogen-bond acceptors (Lipinski definition) is 3. The average molecular weight is 227 g/mol. The van der Waals surface area contributed by atoms with Crippen LogP contribution in [-0.4, -0.2) is 24.7 Å². The highest BCUT2D eigenvalue weighted by atomic mass is 19.1. The molecule has 0 saturated heterocycles. The molecule has 4 nitrogen and oxygen atoms in total. The molecule has 16 heavy (non-hydrogen) atoms. The quantitative estimate of drug-likeness (QED) is 0.731. The first-order valence-electron chi connectivity index (χ1n) is 4.92. The lowest BCUT2D eigenvalue weighted by atomic mass is 10.2. The minimum atomic E-state index is -0.850. The zero-order chi connectivity index (χ0) is 12.0. The molecule has 5 heteroatoms. The fourth-order valence-corrected chi connectivity index (χ4v) is 1.23. The van der Waals surface area contributed by atoms with Crippen molar-refractivity contribution in [1.82, 2.24) is 0 Å². The maximum Gasteiger partial charge on any atom is 0.303 e. The van der Waals surface area contributed by atoms with E-state index in [9.17, 15) is 9.18 Å². The molecule has 2 N–H and O–H groups in total. The van der Waals surface area contributed by atoms with Crippen LogP contribution in [0.4, 0.5) is 10.1 Å². The van der Waals surface area contributed by atoms with Gasteiger partial charge >= 0.3 is 5.97 Å². The molecule has 0 fully saturated rings. The number of aliphatic carboxylic acids is 1. The number of carboxylic acid groups (broad SMARTS) is 1. The summed E-state index contributed by atoms with van der Waals surface area (Å²) in [6.45, 7) is 0.426. The molecule has 0 spiro atoms. The summed E-state index contributed by atoms with van der Waals surface area (Å²) in [6, 6.07) is 4.48. The number of rotatable bonds is 6. The second-order valence-corrected chi connectivity index (χ2v) is 3.27. The summed E-state index contributed by atoms with van der Waals surface area (Å²) in [6.07, 6.45) is 0.533. The maximum atomic E-state index is 13.4. The maximum absolute atomic E-state index is 13.4. The molecule has 0 bridgehead atoms. The molecule has 0 radical (unpaired) electrons. The van der Waals surface area contributed by atoms with Crippen LogP contribution in [0.25, 0.3) is 0 Å². The van der Waals surface area contributed by atoms with E-state index in [-0.39, 0.29) is 6.42 Å². The Kier molecular flexibility index (Phi) is 4.57. The van der Waals surface area contributed by atoms with Crippen LogP contribution in [0.1, 0.15) is 12.8 Å². The first kappa shape index (κ1) is 12.3. The van der Waals surface area contributed by atoms with Crippen molar-refractivity contribution in [1.29, 1.82) is 0 Å². The van der Waals surface area contributed by atoms with E-state index in [4.69, 9.17) is 9.84 Å². The number of nitrogens with one attached hydrogen (secondary N) is 1. The predicted molar refractivity (Wildman–Crippen MR) is 58.3 cm³/mol. The molecule has 0 unspecified atom stereocenters. The van der Waals surface area contributed by atoms with E-state index in [2.05, 4.69) is 5.32 Å². The fraction of sp³-hybridized carbons (Fsp3) is 0.364. The molecule has 0 atom stereocenters. The van der Waals surface area contributed by atoms with Gasteiger partial charge in [-0.05, 0) is 18.6 Å². The average Bonchev–Trinajstić information content (AvgIpc) is 2.25. The first-order chi connectivity index (χ1) is 7.63. The second kappa shape index (κ2) is 5.95. The van der Waals surface area contributed by atoms with Gasteiger partial charge in [0.25, 0.3) is 0 Å². The van der Waals surface area contributed by atoms with Gasteiger partial charge in [0.15, 0.2) is 0 Å². The zero-order valence-corrected chi connectivity index (χ0v) is 9.00. The Morgan fingerprint density at radius 3 is 2.88 bits per heavy atom. The number of methoxy groups -OCH3 is 1. The minimum absolute atomic E-state index is 0.0742. The molecular formula is C11H14FNO3. The number of benzene rings is 1. The van der Waals surface area contributed by atoms with Gasteiger partial charge in [-0.3, -0.25) is 4.79 Å². The predicted octanol–water partition coefficient (Wildman–Crippen LogP) is 2.11. The van der Waals surface area contributed by atoms with Crippen molar-refractivity contribution < 1.29 is 19.0 Å². The first-order valence-corrected chi connectivity index (χ1v) is 4.92. The summed E-state index contributed by atoms with van der Waals surface area (Å²) in [5.41, 5.74) is 0.353.